The smallest absolute Gasteiger partial charge is 0.278 e. The van der Waals surface area contributed by atoms with Crippen LogP contribution in [0, 0.1) is 5.92 Å². The molecule has 2 saturated heterocycles. The van der Waals surface area contributed by atoms with E-state index < -0.39 is 0 Å². The summed E-state index contributed by atoms with van der Waals surface area (Å²) in [5.41, 5.74) is 3.87. The summed E-state index contributed by atoms with van der Waals surface area (Å²) in [6.07, 6.45) is 3.65. The lowest BCUT2D eigenvalue weighted by atomic mass is 9.76. The van der Waals surface area contributed by atoms with Gasteiger partial charge in [-0.2, -0.15) is 0 Å². The Morgan fingerprint density at radius 1 is 1.19 bits per heavy atom. The highest BCUT2D eigenvalue weighted by Crippen LogP contribution is 2.42. The van der Waals surface area contributed by atoms with Crippen LogP contribution < -0.4 is 5.32 Å². The molecule has 0 saturated carbocycles. The Morgan fingerprint density at radius 3 is 2.78 bits per heavy atom. The maximum Gasteiger partial charge on any atom is 0.278 e. The minimum atomic E-state index is -0.215. The van der Waals surface area contributed by atoms with Crippen molar-refractivity contribution < 1.29 is 14.4 Å². The van der Waals surface area contributed by atoms with Crippen LogP contribution in [0.4, 0.5) is 0 Å². The summed E-state index contributed by atoms with van der Waals surface area (Å²) in [7, 11) is 1.54. The Hall–Kier alpha value is -2.70. The van der Waals surface area contributed by atoms with Crippen LogP contribution in [0.5, 0.6) is 0 Å². The van der Waals surface area contributed by atoms with Crippen LogP contribution in [0.25, 0.3) is 0 Å². The third-order valence-corrected chi connectivity index (χ3v) is 7.47. The van der Waals surface area contributed by atoms with Gasteiger partial charge in [0.05, 0.1) is 25.1 Å². The molecular formula is C26H31N3O3. The highest BCUT2D eigenvalue weighted by molar-refractivity contribution is 5.96. The normalized spacial score (nSPS) is 25.4. The molecule has 1 N–H and O–H groups in total. The zero-order valence-electron chi connectivity index (χ0n) is 18.8. The number of amides is 2. The van der Waals surface area contributed by atoms with Crippen molar-refractivity contribution in [3.63, 3.8) is 0 Å². The van der Waals surface area contributed by atoms with Gasteiger partial charge in [0.15, 0.2) is 0 Å². The first-order chi connectivity index (χ1) is 15.6. The second-order valence-electron chi connectivity index (χ2n) is 9.12. The molecule has 0 bridgehead atoms. The van der Waals surface area contributed by atoms with Crippen LogP contribution in [-0.2, 0) is 16.1 Å². The lowest BCUT2D eigenvalue weighted by Crippen LogP contribution is -2.57. The van der Waals surface area contributed by atoms with Gasteiger partial charge in [0.1, 0.15) is 0 Å². The Balaban J connectivity index is 1.46. The first-order valence-electron chi connectivity index (χ1n) is 11.7. The van der Waals surface area contributed by atoms with Gasteiger partial charge in [-0.15, -0.1) is 0 Å². The van der Waals surface area contributed by atoms with Crippen LogP contribution in [0.3, 0.4) is 0 Å². The summed E-state index contributed by atoms with van der Waals surface area (Å²) in [4.78, 5) is 34.5. The summed E-state index contributed by atoms with van der Waals surface area (Å²) < 4.78 is 0. The van der Waals surface area contributed by atoms with E-state index in [2.05, 4.69) is 16.3 Å². The molecule has 3 heterocycles. The van der Waals surface area contributed by atoms with Gasteiger partial charge in [0.25, 0.3) is 5.91 Å². The van der Waals surface area contributed by atoms with E-state index in [1.165, 1.54) is 5.06 Å². The molecule has 2 fully saturated rings. The molecular weight excluding hydrogens is 402 g/mol. The number of nitrogens with one attached hydrogen (secondary N) is 1. The Kier molecular flexibility index (Phi) is 5.74. The van der Waals surface area contributed by atoms with E-state index in [0.29, 0.717) is 18.5 Å². The molecule has 4 atom stereocenters. The molecule has 5 rings (SSSR count). The molecule has 0 unspecified atom stereocenters. The van der Waals surface area contributed by atoms with Crippen molar-refractivity contribution in [1.29, 1.82) is 0 Å². The van der Waals surface area contributed by atoms with Gasteiger partial charge >= 0.3 is 0 Å². The maximum absolute atomic E-state index is 13.6. The highest BCUT2D eigenvalue weighted by Gasteiger charge is 2.45. The molecule has 32 heavy (non-hydrogen) atoms. The van der Waals surface area contributed by atoms with Crippen molar-refractivity contribution in [2.24, 2.45) is 5.92 Å². The van der Waals surface area contributed by atoms with Crippen molar-refractivity contribution in [1.82, 2.24) is 15.3 Å². The quantitative estimate of drug-likeness (QED) is 0.748. The lowest BCUT2D eigenvalue weighted by Gasteiger charge is -2.48. The number of nitrogens with zero attached hydrogens (tertiary/aromatic N) is 2. The second-order valence-corrected chi connectivity index (χ2v) is 9.12. The predicted octanol–water partition coefficient (Wildman–Crippen LogP) is 3.65. The van der Waals surface area contributed by atoms with E-state index in [1.54, 1.807) is 7.11 Å². The van der Waals surface area contributed by atoms with E-state index in [1.807, 2.05) is 49.4 Å². The summed E-state index contributed by atoms with van der Waals surface area (Å²) in [6, 6.07) is 15.9. The standard InChI is InChI=1S/C26H31N3O3/c1-17(18-8-4-3-5-9-18)29(32-2)26(31)21-11-6-10-20-19(21)13-15-28-24(20)16-23-22(25(28)30)12-7-14-27-23/h3-6,8-11,17,22-24,27H,7,12-16H2,1-2H3/t17-,22-,23-,24+/m1/s1. The second kappa shape index (κ2) is 8.68. The van der Waals surface area contributed by atoms with Crippen molar-refractivity contribution >= 4 is 11.8 Å². The minimum Gasteiger partial charge on any atom is -0.335 e. The number of carbonyl (C=O) groups is 2. The molecule has 3 aliphatic rings. The highest BCUT2D eigenvalue weighted by atomic mass is 16.7. The third-order valence-electron chi connectivity index (χ3n) is 7.47. The summed E-state index contributed by atoms with van der Waals surface area (Å²) >= 11 is 0. The van der Waals surface area contributed by atoms with Crippen LogP contribution in [0.2, 0.25) is 0 Å². The molecule has 168 valence electrons. The Morgan fingerprint density at radius 2 is 2.00 bits per heavy atom. The number of carbonyl (C=O) groups excluding carboxylic acids is 2. The van der Waals surface area contributed by atoms with E-state index in [-0.39, 0.29) is 35.9 Å². The zero-order valence-corrected chi connectivity index (χ0v) is 18.8. The van der Waals surface area contributed by atoms with Gasteiger partial charge < -0.3 is 10.2 Å². The first kappa shape index (κ1) is 21.2. The van der Waals surface area contributed by atoms with E-state index in [4.69, 9.17) is 4.84 Å². The SMILES string of the molecule is CON(C(=O)c1cccc2c1CCN1C(=O)[C@@H]3CCCN[C@@H]3C[C@@H]21)[C@H](C)c1ccccc1. The van der Waals surface area contributed by atoms with Crippen molar-refractivity contribution in [3.8, 4) is 0 Å². The fraction of sp³-hybridized carbons (Fsp3) is 0.462. The van der Waals surface area contributed by atoms with Crippen LogP contribution in [0.15, 0.2) is 48.5 Å². The summed E-state index contributed by atoms with van der Waals surface area (Å²) in [5, 5.41) is 5.03. The number of fused-ring (bicyclic) bond motifs is 4. The van der Waals surface area contributed by atoms with E-state index in [0.717, 1.165) is 42.5 Å². The minimum absolute atomic E-state index is 0.0355. The monoisotopic (exact) mass is 433 g/mol. The topological polar surface area (TPSA) is 61.9 Å². The van der Waals surface area contributed by atoms with Crippen LogP contribution >= 0.6 is 0 Å². The predicted molar refractivity (Wildman–Crippen MR) is 122 cm³/mol. The van der Waals surface area contributed by atoms with Crippen molar-refractivity contribution in [2.45, 2.75) is 50.7 Å². The van der Waals surface area contributed by atoms with E-state index in [9.17, 15) is 9.59 Å². The Bertz CT molecular complexity index is 1010. The lowest BCUT2D eigenvalue weighted by molar-refractivity contribution is -0.145. The zero-order chi connectivity index (χ0) is 22.2. The number of benzene rings is 2. The van der Waals surface area contributed by atoms with E-state index >= 15 is 0 Å². The fourth-order valence-electron chi connectivity index (χ4n) is 5.82. The van der Waals surface area contributed by atoms with Crippen molar-refractivity contribution in [3.05, 3.63) is 70.8 Å². The summed E-state index contributed by atoms with van der Waals surface area (Å²) in [5.74, 6) is 0.240. The summed E-state index contributed by atoms with van der Waals surface area (Å²) in [6.45, 7) is 3.63. The van der Waals surface area contributed by atoms with Gasteiger partial charge in [-0.25, -0.2) is 5.06 Å². The van der Waals surface area contributed by atoms with Gasteiger partial charge in [0.2, 0.25) is 5.91 Å². The third kappa shape index (κ3) is 3.51. The molecule has 0 radical (unpaired) electrons. The van der Waals surface area contributed by atoms with Gasteiger partial charge in [-0.3, -0.25) is 14.4 Å². The molecule has 0 spiro atoms. The number of hydrogen-bond acceptors (Lipinski definition) is 4. The number of hydrogen-bond donors (Lipinski definition) is 1. The molecule has 0 aromatic heterocycles. The number of rotatable bonds is 4. The number of hydroxylamine groups is 2. The van der Waals surface area contributed by atoms with Crippen LogP contribution in [0.1, 0.15) is 65.3 Å². The van der Waals surface area contributed by atoms with Gasteiger partial charge in [-0.05, 0) is 61.9 Å². The fourth-order valence-corrected chi connectivity index (χ4v) is 5.82. The molecule has 2 aromatic carbocycles. The average Bonchev–Trinajstić information content (AvgIpc) is 2.84. The number of piperidine rings is 2. The van der Waals surface area contributed by atoms with Gasteiger partial charge in [0, 0.05) is 18.2 Å². The Labute approximate surface area is 189 Å². The molecule has 2 aromatic rings. The molecule has 6 heteroatoms. The molecule has 0 aliphatic carbocycles. The average molecular weight is 434 g/mol. The molecule has 6 nitrogen and oxygen atoms in total. The first-order valence-corrected chi connectivity index (χ1v) is 11.7. The molecule has 2 amide bonds. The molecule has 3 aliphatic heterocycles. The van der Waals surface area contributed by atoms with Gasteiger partial charge in [-0.1, -0.05) is 42.5 Å². The van der Waals surface area contributed by atoms with Crippen LogP contribution in [-0.4, -0.2) is 48.0 Å². The maximum atomic E-state index is 13.6. The largest absolute Gasteiger partial charge is 0.335 e. The van der Waals surface area contributed by atoms with Crippen molar-refractivity contribution in [2.75, 3.05) is 20.2 Å².